The number of urea groups is 1. The highest BCUT2D eigenvalue weighted by atomic mass is 32.2. The number of fused-ring (bicyclic) bond motifs is 1. The largest absolute Gasteiger partial charge is 0.497 e. The number of rotatable bonds is 16. The predicted octanol–water partition coefficient (Wildman–Crippen LogP) is 5.60. The molecular formula is C50H63N7O9S. The predicted molar refractivity (Wildman–Crippen MR) is 254 cm³/mol. The van der Waals surface area contributed by atoms with Crippen molar-refractivity contribution in [2.24, 2.45) is 17.3 Å². The van der Waals surface area contributed by atoms with Crippen LogP contribution in [0, 0.1) is 17.3 Å². The molecule has 3 fully saturated rings. The van der Waals surface area contributed by atoms with E-state index in [2.05, 4.69) is 26.0 Å². The molecule has 1 saturated heterocycles. The molecule has 2 heterocycles. The molecule has 3 aliphatic rings. The van der Waals surface area contributed by atoms with Crippen molar-refractivity contribution in [2.45, 2.75) is 115 Å². The number of hydrogen-bond donors (Lipinski definition) is 5. The number of nitrogens with zero attached hydrogens (tertiary/aromatic N) is 2. The molecule has 67 heavy (non-hydrogen) atoms. The van der Waals surface area contributed by atoms with Gasteiger partial charge in [-0.1, -0.05) is 114 Å². The molecule has 17 heteroatoms. The fourth-order valence-corrected chi connectivity index (χ4v) is 10.7. The lowest BCUT2D eigenvalue weighted by atomic mass is 9.82. The van der Waals surface area contributed by atoms with E-state index in [1.165, 1.54) is 11.9 Å². The van der Waals surface area contributed by atoms with E-state index in [1.807, 2.05) is 49.4 Å². The van der Waals surface area contributed by atoms with Gasteiger partial charge in [0.25, 0.3) is 5.91 Å². The summed E-state index contributed by atoms with van der Waals surface area (Å²) in [7, 11) is -1.06. The van der Waals surface area contributed by atoms with Crippen molar-refractivity contribution in [3.8, 4) is 22.8 Å². The average Bonchev–Trinajstić information content (AvgIpc) is 3.87. The number of amides is 6. The third-order valence-electron chi connectivity index (χ3n) is 13.3. The van der Waals surface area contributed by atoms with Crippen LogP contribution in [0.2, 0.25) is 0 Å². The van der Waals surface area contributed by atoms with Gasteiger partial charge in [0.2, 0.25) is 27.7 Å². The summed E-state index contributed by atoms with van der Waals surface area (Å²) in [5, 5.41) is 12.1. The van der Waals surface area contributed by atoms with E-state index in [9.17, 15) is 32.4 Å². The maximum Gasteiger partial charge on any atom is 0.318 e. The van der Waals surface area contributed by atoms with E-state index in [-0.39, 0.29) is 37.1 Å². The van der Waals surface area contributed by atoms with Crippen LogP contribution in [0.1, 0.15) is 84.6 Å². The van der Waals surface area contributed by atoms with Crippen LogP contribution in [0.3, 0.4) is 0 Å². The Bertz CT molecular complexity index is 2570. The second-order valence-corrected chi connectivity index (χ2v) is 20.8. The highest BCUT2D eigenvalue weighted by Gasteiger charge is 2.61. The molecule has 1 unspecified atom stereocenters. The molecule has 0 bridgehead atoms. The number of aromatic nitrogens is 1. The SMILES string of the molecule is CCC1C[C@]1(NC(=O)[C@@H]1C[C@@H](Oc2cc(-c3ccccc3)nc3cc(OC)ccc23)CN1C(=O)N[C@H](C(=O)N[C@H](C(=O)NC)C1CCCCC1)C(C)(C)C)C(=O)NS(=O)(=O)Cc1ccccc1. The number of hydrogen-bond acceptors (Lipinski definition) is 10. The maximum atomic E-state index is 14.8. The van der Waals surface area contributed by atoms with Gasteiger partial charge in [-0.05, 0) is 54.2 Å². The standard InChI is InChI=1S/C50H63N7O9S/c1-7-34-28-50(34,47(61)56-67(63,64)30-31-17-11-8-12-18-31)55-44(58)40-26-36(66-41-27-38(32-19-13-9-14-20-32)52-39-25-35(65-6)23-24-37(39)41)29-57(40)48(62)54-43(49(2,3)4)46(60)53-42(45(59)51-5)33-21-15-10-16-22-33/h8-9,11-14,17-20,23-25,27,33-34,36,40,42-43H,7,10,15-16,21-22,26,28-30H2,1-6H3,(H,51,59)(H,53,60)(H,54,62)(H,55,58)(H,56,61)/t34?,36-,40+,42+,43-,50-/m1/s1. The highest BCUT2D eigenvalue weighted by Crippen LogP contribution is 2.47. The Labute approximate surface area is 392 Å². The Morgan fingerprint density at radius 1 is 0.896 bits per heavy atom. The lowest BCUT2D eigenvalue weighted by Crippen LogP contribution is -2.62. The molecule has 16 nitrogen and oxygen atoms in total. The number of sulfonamides is 1. The Morgan fingerprint density at radius 3 is 2.21 bits per heavy atom. The Morgan fingerprint density at radius 2 is 1.58 bits per heavy atom. The lowest BCUT2D eigenvalue weighted by Gasteiger charge is -2.36. The molecule has 1 aromatic heterocycles. The summed E-state index contributed by atoms with van der Waals surface area (Å²) in [5.74, 6) is -2.25. The molecule has 6 atom stereocenters. The molecule has 7 rings (SSSR count). The van der Waals surface area contributed by atoms with Gasteiger partial charge >= 0.3 is 6.03 Å². The number of likely N-dealkylation sites (N-methyl/N-ethyl adjacent to an activating group) is 1. The van der Waals surface area contributed by atoms with Crippen molar-refractivity contribution < 1.29 is 41.9 Å². The smallest absolute Gasteiger partial charge is 0.318 e. The molecule has 5 N–H and O–H groups in total. The number of methoxy groups -OCH3 is 1. The molecular weight excluding hydrogens is 875 g/mol. The van der Waals surface area contributed by atoms with Crippen LogP contribution in [-0.4, -0.2) is 98.4 Å². The molecule has 0 radical (unpaired) electrons. The number of ether oxygens (including phenoxy) is 2. The van der Waals surface area contributed by atoms with Crippen LogP contribution in [0.15, 0.2) is 84.9 Å². The van der Waals surface area contributed by atoms with Gasteiger partial charge in [-0.2, -0.15) is 0 Å². The first-order valence-corrected chi connectivity index (χ1v) is 24.8. The van der Waals surface area contributed by atoms with E-state index in [0.29, 0.717) is 40.1 Å². The van der Waals surface area contributed by atoms with Gasteiger partial charge in [0, 0.05) is 36.6 Å². The lowest BCUT2D eigenvalue weighted by molar-refractivity contribution is -0.132. The summed E-state index contributed by atoms with van der Waals surface area (Å²) in [6, 6.07) is 21.3. The molecule has 3 aromatic carbocycles. The van der Waals surface area contributed by atoms with Crippen LogP contribution < -0.4 is 35.5 Å². The number of carbonyl (C=O) groups excluding carboxylic acids is 5. The normalized spacial score (nSPS) is 21.6. The first-order chi connectivity index (χ1) is 31.9. The molecule has 0 spiro atoms. The van der Waals surface area contributed by atoms with Crippen molar-refractivity contribution in [1.82, 2.24) is 35.9 Å². The topological polar surface area (TPSA) is 214 Å². The van der Waals surface area contributed by atoms with E-state index >= 15 is 0 Å². The fourth-order valence-electron chi connectivity index (χ4n) is 9.51. The number of nitrogens with one attached hydrogen (secondary N) is 5. The third-order valence-corrected chi connectivity index (χ3v) is 14.5. The zero-order valence-electron chi connectivity index (χ0n) is 39.1. The fraction of sp³-hybridized carbons (Fsp3) is 0.480. The summed E-state index contributed by atoms with van der Waals surface area (Å²) < 4.78 is 41.0. The molecule has 4 aromatic rings. The Kier molecular flexibility index (Phi) is 14.8. The number of pyridine rings is 1. The number of likely N-dealkylation sites (tertiary alicyclic amines) is 1. The molecule has 1 aliphatic heterocycles. The quantitative estimate of drug-likeness (QED) is 0.0938. The Hall–Kier alpha value is -6.23. The van der Waals surface area contributed by atoms with E-state index < -0.39 is 74.7 Å². The van der Waals surface area contributed by atoms with Gasteiger partial charge in [-0.3, -0.25) is 23.9 Å². The van der Waals surface area contributed by atoms with Crippen molar-refractivity contribution in [2.75, 3.05) is 20.7 Å². The monoisotopic (exact) mass is 937 g/mol. The van der Waals surface area contributed by atoms with Crippen LogP contribution in [0.4, 0.5) is 4.79 Å². The maximum absolute atomic E-state index is 14.8. The number of carbonyl (C=O) groups is 5. The summed E-state index contributed by atoms with van der Waals surface area (Å²) in [4.78, 5) is 77.2. The third kappa shape index (κ3) is 11.3. The Balaban J connectivity index is 1.19. The van der Waals surface area contributed by atoms with Gasteiger partial charge in [-0.15, -0.1) is 0 Å². The van der Waals surface area contributed by atoms with Crippen molar-refractivity contribution >= 4 is 50.6 Å². The second-order valence-electron chi connectivity index (χ2n) is 19.1. The molecule has 6 amide bonds. The number of benzene rings is 3. The molecule has 2 saturated carbocycles. The zero-order valence-corrected chi connectivity index (χ0v) is 39.9. The van der Waals surface area contributed by atoms with Gasteiger partial charge in [0.15, 0.2) is 0 Å². The van der Waals surface area contributed by atoms with Crippen LogP contribution in [-0.2, 0) is 35.0 Å². The van der Waals surface area contributed by atoms with E-state index in [1.54, 1.807) is 70.3 Å². The first kappa shape index (κ1) is 48.7. The summed E-state index contributed by atoms with van der Waals surface area (Å²) in [6.07, 6.45) is 4.36. The summed E-state index contributed by atoms with van der Waals surface area (Å²) >= 11 is 0. The van der Waals surface area contributed by atoms with E-state index in [4.69, 9.17) is 14.5 Å². The van der Waals surface area contributed by atoms with Gasteiger partial charge in [0.1, 0.15) is 41.3 Å². The van der Waals surface area contributed by atoms with Gasteiger partial charge < -0.3 is 35.6 Å². The highest BCUT2D eigenvalue weighted by molar-refractivity contribution is 7.89. The molecule has 2 aliphatic carbocycles. The zero-order chi connectivity index (χ0) is 48.1. The van der Waals surface area contributed by atoms with Crippen LogP contribution in [0.5, 0.6) is 11.5 Å². The van der Waals surface area contributed by atoms with Gasteiger partial charge in [0.05, 0.1) is 30.6 Å². The van der Waals surface area contributed by atoms with Crippen molar-refractivity contribution in [3.63, 3.8) is 0 Å². The summed E-state index contributed by atoms with van der Waals surface area (Å²) in [6.45, 7) is 7.14. The molecule has 358 valence electrons. The van der Waals surface area contributed by atoms with Crippen LogP contribution in [0.25, 0.3) is 22.2 Å². The van der Waals surface area contributed by atoms with Crippen molar-refractivity contribution in [1.29, 1.82) is 0 Å². The second kappa shape index (κ2) is 20.3. The average molecular weight is 938 g/mol. The minimum absolute atomic E-state index is 0.0203. The summed E-state index contributed by atoms with van der Waals surface area (Å²) in [5.41, 5.74) is 0.126. The minimum atomic E-state index is -4.16. The van der Waals surface area contributed by atoms with Crippen LogP contribution >= 0.6 is 0 Å². The first-order valence-electron chi connectivity index (χ1n) is 23.2. The van der Waals surface area contributed by atoms with Crippen molar-refractivity contribution in [3.05, 3.63) is 90.5 Å². The minimum Gasteiger partial charge on any atom is -0.497 e. The van der Waals surface area contributed by atoms with Gasteiger partial charge in [-0.25, -0.2) is 18.2 Å². The van der Waals surface area contributed by atoms with E-state index in [0.717, 1.165) is 37.7 Å².